The highest BCUT2D eigenvalue weighted by atomic mass is 14.6. The van der Waals surface area contributed by atoms with E-state index in [1.807, 2.05) is 12.1 Å². The van der Waals surface area contributed by atoms with Crippen LogP contribution in [-0.4, -0.2) is 0 Å². The fourth-order valence-electron chi connectivity index (χ4n) is 2.77. The van der Waals surface area contributed by atoms with Crippen LogP contribution >= 0.6 is 0 Å². The van der Waals surface area contributed by atoms with Crippen molar-refractivity contribution in [1.29, 1.82) is 0 Å². The van der Waals surface area contributed by atoms with E-state index in [1.165, 1.54) is 16.7 Å². The molecule has 1 nitrogen and oxygen atoms in total. The molecule has 0 unspecified atom stereocenters. The Bertz CT molecular complexity index is 811. The Morgan fingerprint density at radius 3 is 2.00 bits per heavy atom. The molecule has 0 fully saturated rings. The van der Waals surface area contributed by atoms with Gasteiger partial charge in [0.05, 0.1) is 0 Å². The first-order chi connectivity index (χ1) is 10.9. The summed E-state index contributed by atoms with van der Waals surface area (Å²) in [6.07, 6.45) is 0. The Morgan fingerprint density at radius 1 is 0.652 bits per heavy atom. The molecule has 2 N–H and O–H groups in total. The van der Waals surface area contributed by atoms with Crippen molar-refractivity contribution in [1.82, 2.24) is 0 Å². The second-order valence-corrected chi connectivity index (χ2v) is 7.00. The van der Waals surface area contributed by atoms with Crippen LogP contribution in [0.3, 0.4) is 0 Å². The van der Waals surface area contributed by atoms with E-state index in [0.717, 1.165) is 16.8 Å². The molecule has 0 aromatic heterocycles. The zero-order chi connectivity index (χ0) is 16.4. The molecule has 0 atom stereocenters. The van der Waals surface area contributed by atoms with Crippen LogP contribution in [0.15, 0.2) is 72.8 Å². The highest BCUT2D eigenvalue weighted by molar-refractivity contribution is 5.80. The summed E-state index contributed by atoms with van der Waals surface area (Å²) in [5.74, 6) is 0. The number of rotatable bonds is 2. The maximum Gasteiger partial charge on any atom is 0.0393 e. The number of nitrogens with two attached hydrogens (primary N) is 1. The zero-order valence-electron chi connectivity index (χ0n) is 14.0. The van der Waals surface area contributed by atoms with Crippen molar-refractivity contribution < 1.29 is 0 Å². The van der Waals surface area contributed by atoms with E-state index in [9.17, 15) is 0 Å². The van der Waals surface area contributed by atoms with E-state index < -0.39 is 0 Å². The summed E-state index contributed by atoms with van der Waals surface area (Å²) in [7, 11) is 0. The second kappa shape index (κ2) is 5.92. The first kappa shape index (κ1) is 15.4. The molecule has 23 heavy (non-hydrogen) atoms. The molecular formula is C22H23N. The minimum atomic E-state index is 0.111. The number of anilines is 1. The molecule has 0 heterocycles. The fraction of sp³-hybridized carbons (Fsp3) is 0.182. The largest absolute Gasteiger partial charge is 0.398 e. The first-order valence-corrected chi connectivity index (χ1v) is 8.01. The number of benzene rings is 3. The van der Waals surface area contributed by atoms with E-state index >= 15 is 0 Å². The van der Waals surface area contributed by atoms with Crippen LogP contribution in [0.2, 0.25) is 0 Å². The molecule has 3 rings (SSSR count). The molecule has 0 bridgehead atoms. The van der Waals surface area contributed by atoms with Crippen LogP contribution < -0.4 is 5.73 Å². The van der Waals surface area contributed by atoms with Gasteiger partial charge < -0.3 is 5.73 Å². The van der Waals surface area contributed by atoms with Crippen LogP contribution in [-0.2, 0) is 5.41 Å². The predicted octanol–water partition coefficient (Wildman–Crippen LogP) is 5.90. The quantitative estimate of drug-likeness (QED) is 0.586. The Kier molecular flexibility index (Phi) is 3.96. The van der Waals surface area contributed by atoms with E-state index in [2.05, 4.69) is 81.4 Å². The van der Waals surface area contributed by atoms with Crippen LogP contribution in [0.1, 0.15) is 26.3 Å². The zero-order valence-corrected chi connectivity index (χ0v) is 14.0. The minimum absolute atomic E-state index is 0.111. The summed E-state index contributed by atoms with van der Waals surface area (Å²) in [6, 6.07) is 25.4. The van der Waals surface area contributed by atoms with Crippen LogP contribution in [0.5, 0.6) is 0 Å². The minimum Gasteiger partial charge on any atom is -0.398 e. The van der Waals surface area contributed by atoms with Crippen molar-refractivity contribution in [2.75, 3.05) is 5.73 Å². The van der Waals surface area contributed by atoms with E-state index in [-0.39, 0.29) is 5.41 Å². The molecule has 0 aliphatic rings. The third-order valence-electron chi connectivity index (χ3n) is 4.20. The normalized spacial score (nSPS) is 11.4. The van der Waals surface area contributed by atoms with Gasteiger partial charge in [-0.25, -0.2) is 0 Å². The monoisotopic (exact) mass is 301 g/mol. The number of hydrogen-bond donors (Lipinski definition) is 1. The van der Waals surface area contributed by atoms with Crippen molar-refractivity contribution >= 4 is 5.69 Å². The van der Waals surface area contributed by atoms with Gasteiger partial charge in [0.1, 0.15) is 0 Å². The van der Waals surface area contributed by atoms with Crippen LogP contribution in [0.25, 0.3) is 22.3 Å². The van der Waals surface area contributed by atoms with Gasteiger partial charge in [0.2, 0.25) is 0 Å². The van der Waals surface area contributed by atoms with Gasteiger partial charge in [0, 0.05) is 11.3 Å². The van der Waals surface area contributed by atoms with Gasteiger partial charge in [0.15, 0.2) is 0 Å². The lowest BCUT2D eigenvalue weighted by molar-refractivity contribution is 0.590. The molecule has 0 saturated carbocycles. The third kappa shape index (κ3) is 3.29. The van der Waals surface area contributed by atoms with Crippen molar-refractivity contribution in [2.45, 2.75) is 26.2 Å². The average Bonchev–Trinajstić information content (AvgIpc) is 2.55. The molecule has 0 spiro atoms. The Morgan fingerprint density at radius 2 is 1.30 bits per heavy atom. The van der Waals surface area contributed by atoms with Crippen LogP contribution in [0.4, 0.5) is 5.69 Å². The summed E-state index contributed by atoms with van der Waals surface area (Å²) in [5.41, 5.74) is 13.2. The van der Waals surface area contributed by atoms with Gasteiger partial charge in [-0.05, 0) is 45.9 Å². The molecule has 3 aromatic rings. The van der Waals surface area contributed by atoms with Crippen molar-refractivity contribution in [3.63, 3.8) is 0 Å². The van der Waals surface area contributed by atoms with E-state index in [4.69, 9.17) is 5.73 Å². The lowest BCUT2D eigenvalue weighted by atomic mass is 9.85. The van der Waals surface area contributed by atoms with Gasteiger partial charge in [-0.1, -0.05) is 75.4 Å². The molecule has 116 valence electrons. The van der Waals surface area contributed by atoms with Crippen LogP contribution in [0, 0.1) is 0 Å². The first-order valence-electron chi connectivity index (χ1n) is 8.01. The fourth-order valence-corrected chi connectivity index (χ4v) is 2.77. The summed E-state index contributed by atoms with van der Waals surface area (Å²) in [5, 5.41) is 0. The maximum atomic E-state index is 6.25. The number of nitrogen functional groups attached to an aromatic ring is 1. The van der Waals surface area contributed by atoms with Gasteiger partial charge in [-0.3, -0.25) is 0 Å². The Balaban J connectivity index is 2.09. The van der Waals surface area contributed by atoms with Crippen molar-refractivity contribution in [3.05, 3.63) is 78.4 Å². The highest BCUT2D eigenvalue weighted by Crippen LogP contribution is 2.33. The molecular weight excluding hydrogens is 278 g/mol. The summed E-state index contributed by atoms with van der Waals surface area (Å²) < 4.78 is 0. The van der Waals surface area contributed by atoms with Gasteiger partial charge in [-0.2, -0.15) is 0 Å². The molecule has 1 heteroatoms. The van der Waals surface area contributed by atoms with Crippen molar-refractivity contribution in [3.8, 4) is 22.3 Å². The summed E-state index contributed by atoms with van der Waals surface area (Å²) in [6.45, 7) is 6.67. The van der Waals surface area contributed by atoms with Gasteiger partial charge in [-0.15, -0.1) is 0 Å². The SMILES string of the molecule is CC(C)(C)c1ccc(N)c(-c2cccc(-c3ccccc3)c2)c1. The summed E-state index contributed by atoms with van der Waals surface area (Å²) in [4.78, 5) is 0. The number of hydrogen-bond acceptors (Lipinski definition) is 1. The maximum absolute atomic E-state index is 6.25. The predicted molar refractivity (Wildman–Crippen MR) is 100 cm³/mol. The molecule has 0 radical (unpaired) electrons. The van der Waals surface area contributed by atoms with Crippen molar-refractivity contribution in [2.24, 2.45) is 0 Å². The van der Waals surface area contributed by atoms with E-state index in [0.29, 0.717) is 0 Å². The van der Waals surface area contributed by atoms with E-state index in [1.54, 1.807) is 0 Å². The molecule has 0 aliphatic heterocycles. The second-order valence-electron chi connectivity index (χ2n) is 7.00. The Hall–Kier alpha value is -2.54. The third-order valence-corrected chi connectivity index (χ3v) is 4.20. The lowest BCUT2D eigenvalue weighted by Crippen LogP contribution is -2.11. The molecule has 0 aliphatic carbocycles. The molecule has 0 amide bonds. The smallest absolute Gasteiger partial charge is 0.0393 e. The Labute approximate surface area is 138 Å². The standard InChI is InChI=1S/C22H23N/c1-22(2,3)19-12-13-21(23)20(15-19)18-11-7-10-17(14-18)16-8-5-4-6-9-16/h4-15H,23H2,1-3H3. The van der Waals surface area contributed by atoms with Gasteiger partial charge >= 0.3 is 0 Å². The molecule has 0 saturated heterocycles. The van der Waals surface area contributed by atoms with Gasteiger partial charge in [0.25, 0.3) is 0 Å². The highest BCUT2D eigenvalue weighted by Gasteiger charge is 2.15. The lowest BCUT2D eigenvalue weighted by Gasteiger charge is -2.21. The topological polar surface area (TPSA) is 26.0 Å². The molecule has 3 aromatic carbocycles. The average molecular weight is 301 g/mol. The summed E-state index contributed by atoms with van der Waals surface area (Å²) >= 11 is 0.